The molecule has 0 fully saturated rings. The van der Waals surface area contributed by atoms with Crippen LogP contribution in [0.15, 0.2) is 24.3 Å². The summed E-state index contributed by atoms with van der Waals surface area (Å²) in [7, 11) is 1.31. The van der Waals surface area contributed by atoms with Gasteiger partial charge in [0, 0.05) is 0 Å². The third kappa shape index (κ3) is 3.76. The molecule has 0 bridgehead atoms. The first-order valence-corrected chi connectivity index (χ1v) is 5.66. The maximum absolute atomic E-state index is 11.4. The van der Waals surface area contributed by atoms with Crippen LogP contribution in [0.1, 0.15) is 30.1 Å². The quantitative estimate of drug-likeness (QED) is 0.785. The van der Waals surface area contributed by atoms with Crippen molar-refractivity contribution in [3.63, 3.8) is 0 Å². The number of carboxylic acids is 1. The Morgan fingerprint density at radius 1 is 1.28 bits per heavy atom. The Balaban J connectivity index is 2.74. The number of carbonyl (C=O) groups is 2. The highest BCUT2D eigenvalue weighted by Crippen LogP contribution is 2.16. The van der Waals surface area contributed by atoms with Crippen LogP contribution in [0.3, 0.4) is 0 Å². The molecule has 1 N–H and O–H groups in total. The van der Waals surface area contributed by atoms with Crippen molar-refractivity contribution in [1.29, 1.82) is 0 Å². The summed E-state index contributed by atoms with van der Waals surface area (Å²) in [5, 5.41) is 8.75. The van der Waals surface area contributed by atoms with Gasteiger partial charge < -0.3 is 14.6 Å². The minimum Gasteiger partial charge on any atom is -0.479 e. The average molecular weight is 252 g/mol. The highest BCUT2D eigenvalue weighted by Gasteiger charge is 2.20. The van der Waals surface area contributed by atoms with Gasteiger partial charge in [-0.15, -0.1) is 0 Å². The zero-order valence-electron chi connectivity index (χ0n) is 10.4. The van der Waals surface area contributed by atoms with Crippen LogP contribution in [0.5, 0.6) is 5.75 Å². The Morgan fingerprint density at radius 3 is 2.33 bits per heavy atom. The number of methoxy groups -OCH3 is 1. The lowest BCUT2D eigenvalue weighted by atomic mass is 10.2. The SMILES string of the molecule is CCCC(Oc1ccc(C(=O)O)cc1)C(=O)OC. The minimum absolute atomic E-state index is 0.174. The number of benzene rings is 1. The van der Waals surface area contributed by atoms with E-state index in [1.54, 1.807) is 0 Å². The highest BCUT2D eigenvalue weighted by molar-refractivity contribution is 5.87. The Labute approximate surface area is 105 Å². The lowest BCUT2D eigenvalue weighted by Crippen LogP contribution is -2.28. The molecule has 5 heteroatoms. The number of ether oxygens (including phenoxy) is 2. The maximum atomic E-state index is 11.4. The molecule has 0 aliphatic carbocycles. The maximum Gasteiger partial charge on any atom is 0.347 e. The van der Waals surface area contributed by atoms with Crippen LogP contribution < -0.4 is 4.74 Å². The van der Waals surface area contributed by atoms with Gasteiger partial charge >= 0.3 is 11.9 Å². The number of carboxylic acid groups (broad SMARTS) is 1. The first-order valence-electron chi connectivity index (χ1n) is 5.66. The second-order valence-corrected chi connectivity index (χ2v) is 3.75. The van der Waals surface area contributed by atoms with Crippen molar-refractivity contribution in [2.24, 2.45) is 0 Å². The monoisotopic (exact) mass is 252 g/mol. The number of hydrogen-bond donors (Lipinski definition) is 1. The van der Waals surface area contributed by atoms with Crippen molar-refractivity contribution < 1.29 is 24.2 Å². The fourth-order valence-corrected chi connectivity index (χ4v) is 1.46. The summed E-state index contributed by atoms with van der Waals surface area (Å²) in [6.45, 7) is 1.94. The second kappa shape index (κ2) is 6.64. The molecule has 0 saturated carbocycles. The van der Waals surface area contributed by atoms with Gasteiger partial charge in [-0.2, -0.15) is 0 Å². The summed E-state index contributed by atoms with van der Waals surface area (Å²) in [6.07, 6.45) is 0.677. The smallest absolute Gasteiger partial charge is 0.347 e. The zero-order chi connectivity index (χ0) is 13.5. The summed E-state index contributed by atoms with van der Waals surface area (Å²) in [5.74, 6) is -0.984. The van der Waals surface area contributed by atoms with Crippen LogP contribution in [0.2, 0.25) is 0 Å². The Morgan fingerprint density at radius 2 is 1.89 bits per heavy atom. The third-order valence-corrected chi connectivity index (χ3v) is 2.39. The Bertz CT molecular complexity index is 410. The van der Waals surface area contributed by atoms with E-state index in [1.165, 1.54) is 31.4 Å². The molecule has 98 valence electrons. The topological polar surface area (TPSA) is 72.8 Å². The van der Waals surface area contributed by atoms with Crippen LogP contribution in [-0.2, 0) is 9.53 Å². The molecule has 1 aromatic carbocycles. The molecule has 0 amide bonds. The fraction of sp³-hybridized carbons (Fsp3) is 0.385. The predicted octanol–water partition coefficient (Wildman–Crippen LogP) is 2.11. The van der Waals surface area contributed by atoms with Crippen LogP contribution in [0.25, 0.3) is 0 Å². The first kappa shape index (κ1) is 14.0. The molecule has 1 aromatic rings. The Kier molecular flexibility index (Phi) is 5.17. The largest absolute Gasteiger partial charge is 0.479 e. The molecule has 0 spiro atoms. The normalized spacial score (nSPS) is 11.7. The number of rotatable bonds is 6. The number of carbonyl (C=O) groups excluding carboxylic acids is 1. The van der Waals surface area contributed by atoms with Crippen LogP contribution in [0.4, 0.5) is 0 Å². The van der Waals surface area contributed by atoms with E-state index in [-0.39, 0.29) is 5.56 Å². The molecule has 0 saturated heterocycles. The van der Waals surface area contributed by atoms with Gasteiger partial charge in [0.05, 0.1) is 12.7 Å². The number of aromatic carboxylic acids is 1. The average Bonchev–Trinajstić information content (AvgIpc) is 2.38. The third-order valence-electron chi connectivity index (χ3n) is 2.39. The second-order valence-electron chi connectivity index (χ2n) is 3.75. The summed E-state index contributed by atoms with van der Waals surface area (Å²) in [5.41, 5.74) is 0.174. The van der Waals surface area contributed by atoms with Crippen LogP contribution in [-0.4, -0.2) is 30.3 Å². The van der Waals surface area contributed by atoms with Gasteiger partial charge in [-0.05, 0) is 30.7 Å². The predicted molar refractivity (Wildman–Crippen MR) is 64.7 cm³/mol. The Hall–Kier alpha value is -2.04. The molecule has 0 radical (unpaired) electrons. The van der Waals surface area contributed by atoms with E-state index in [1.807, 2.05) is 6.92 Å². The number of esters is 1. The van der Waals surface area contributed by atoms with Gasteiger partial charge in [0.2, 0.25) is 0 Å². The molecule has 1 atom stereocenters. The first-order chi connectivity index (χ1) is 8.58. The van der Waals surface area contributed by atoms with E-state index in [0.717, 1.165) is 6.42 Å². The fourth-order valence-electron chi connectivity index (χ4n) is 1.46. The molecule has 0 heterocycles. The molecular weight excluding hydrogens is 236 g/mol. The van der Waals surface area contributed by atoms with Crippen molar-refractivity contribution >= 4 is 11.9 Å². The summed E-state index contributed by atoms with van der Waals surface area (Å²) in [6, 6.07) is 5.90. The number of hydrogen-bond acceptors (Lipinski definition) is 4. The molecule has 0 aliphatic rings. The summed E-state index contributed by atoms with van der Waals surface area (Å²) >= 11 is 0. The zero-order valence-corrected chi connectivity index (χ0v) is 10.4. The molecule has 1 unspecified atom stereocenters. The van der Waals surface area contributed by atoms with Gasteiger partial charge in [0.15, 0.2) is 6.10 Å². The minimum atomic E-state index is -1.00. The van der Waals surface area contributed by atoms with E-state index in [2.05, 4.69) is 4.74 Å². The lowest BCUT2D eigenvalue weighted by Gasteiger charge is -2.16. The van der Waals surface area contributed by atoms with Gasteiger partial charge in [0.1, 0.15) is 5.75 Å². The van der Waals surface area contributed by atoms with Crippen molar-refractivity contribution in [3.05, 3.63) is 29.8 Å². The van der Waals surface area contributed by atoms with E-state index in [9.17, 15) is 9.59 Å². The van der Waals surface area contributed by atoms with Crippen molar-refractivity contribution in [2.75, 3.05) is 7.11 Å². The van der Waals surface area contributed by atoms with Crippen molar-refractivity contribution in [1.82, 2.24) is 0 Å². The van der Waals surface area contributed by atoms with Gasteiger partial charge in [0.25, 0.3) is 0 Å². The highest BCUT2D eigenvalue weighted by atomic mass is 16.6. The van der Waals surface area contributed by atoms with Gasteiger partial charge in [-0.25, -0.2) is 9.59 Å². The van der Waals surface area contributed by atoms with Crippen LogP contribution >= 0.6 is 0 Å². The van der Waals surface area contributed by atoms with Crippen molar-refractivity contribution in [3.8, 4) is 5.75 Å². The molecule has 0 aliphatic heterocycles. The van der Waals surface area contributed by atoms with Crippen molar-refractivity contribution in [2.45, 2.75) is 25.9 Å². The van der Waals surface area contributed by atoms with Gasteiger partial charge in [-0.1, -0.05) is 13.3 Å². The van der Waals surface area contributed by atoms with E-state index < -0.39 is 18.0 Å². The standard InChI is InChI=1S/C13H16O5/c1-3-4-11(13(16)17-2)18-10-7-5-9(6-8-10)12(14)15/h5-8,11H,3-4H2,1-2H3,(H,14,15). The van der Waals surface area contributed by atoms with E-state index >= 15 is 0 Å². The molecule has 18 heavy (non-hydrogen) atoms. The molecular formula is C13H16O5. The molecule has 1 rings (SSSR count). The van der Waals surface area contributed by atoms with Crippen LogP contribution in [0, 0.1) is 0 Å². The summed E-state index contributed by atoms with van der Waals surface area (Å²) < 4.78 is 10.1. The molecule has 0 aromatic heterocycles. The lowest BCUT2D eigenvalue weighted by molar-refractivity contribution is -0.149. The van der Waals surface area contributed by atoms with Gasteiger partial charge in [-0.3, -0.25) is 0 Å². The van der Waals surface area contributed by atoms with E-state index in [0.29, 0.717) is 12.2 Å². The van der Waals surface area contributed by atoms with E-state index in [4.69, 9.17) is 9.84 Å². The summed E-state index contributed by atoms with van der Waals surface area (Å²) in [4.78, 5) is 22.1. The molecule has 5 nitrogen and oxygen atoms in total.